The number of rotatable bonds is 4. The number of furan rings is 1. The predicted octanol–water partition coefficient (Wildman–Crippen LogP) is 0.746. The average molecular weight is 342 g/mol. The molecule has 0 aliphatic carbocycles. The highest BCUT2D eigenvalue weighted by atomic mass is 16.5. The molecule has 3 aromatic heterocycles. The van der Waals surface area contributed by atoms with Gasteiger partial charge >= 0.3 is 0 Å². The quantitative estimate of drug-likeness (QED) is 0.685. The number of piperazine rings is 1. The van der Waals surface area contributed by atoms with Crippen LogP contribution in [0.3, 0.4) is 0 Å². The third kappa shape index (κ3) is 3.31. The molecular weight excluding hydrogens is 324 g/mol. The van der Waals surface area contributed by atoms with E-state index in [1.165, 1.54) is 4.68 Å². The lowest BCUT2D eigenvalue weighted by molar-refractivity contribution is 0.215. The van der Waals surface area contributed by atoms with Crippen molar-refractivity contribution in [1.82, 2.24) is 24.8 Å². The maximum Gasteiger partial charge on any atom is 0.268 e. The van der Waals surface area contributed by atoms with Gasteiger partial charge in [0.25, 0.3) is 5.56 Å². The molecule has 25 heavy (non-hydrogen) atoms. The standard InChI is InChI=1S/C16H18N6O3/c1-20-15(23)9-12(10-17-20)22-6-4-21(5-7-22)11-14-18-16(19-25-14)13-3-2-8-24-13/h2-3,8-10H,4-7,11H2,1H3. The summed E-state index contributed by atoms with van der Waals surface area (Å²) in [5.41, 5.74) is 0.761. The van der Waals surface area contributed by atoms with Gasteiger partial charge in [0, 0.05) is 39.3 Å². The van der Waals surface area contributed by atoms with Gasteiger partial charge in [0.1, 0.15) is 0 Å². The molecule has 4 heterocycles. The van der Waals surface area contributed by atoms with Crippen molar-refractivity contribution < 1.29 is 8.94 Å². The van der Waals surface area contributed by atoms with E-state index in [1.807, 2.05) is 0 Å². The van der Waals surface area contributed by atoms with Gasteiger partial charge in [0.15, 0.2) is 5.76 Å². The highest BCUT2D eigenvalue weighted by Gasteiger charge is 2.20. The average Bonchev–Trinajstić information content (AvgIpc) is 3.29. The van der Waals surface area contributed by atoms with Gasteiger partial charge in [-0.05, 0) is 12.1 Å². The number of anilines is 1. The molecule has 0 spiro atoms. The molecule has 1 aliphatic heterocycles. The van der Waals surface area contributed by atoms with Crippen molar-refractivity contribution >= 4 is 5.69 Å². The molecule has 0 bridgehead atoms. The normalized spacial score (nSPS) is 15.6. The lowest BCUT2D eigenvalue weighted by atomic mass is 10.3. The number of aromatic nitrogens is 4. The van der Waals surface area contributed by atoms with E-state index in [0.29, 0.717) is 24.0 Å². The molecule has 9 heteroatoms. The smallest absolute Gasteiger partial charge is 0.268 e. The molecule has 1 saturated heterocycles. The lowest BCUT2D eigenvalue weighted by Crippen LogP contribution is -2.46. The van der Waals surface area contributed by atoms with E-state index in [2.05, 4.69) is 25.0 Å². The summed E-state index contributed by atoms with van der Waals surface area (Å²) in [5, 5.41) is 8.02. The SMILES string of the molecule is Cn1ncc(N2CCN(Cc3nc(-c4ccco4)no3)CC2)cc1=O. The van der Waals surface area contributed by atoms with Gasteiger partial charge in [0.2, 0.25) is 11.7 Å². The van der Waals surface area contributed by atoms with Gasteiger partial charge < -0.3 is 13.8 Å². The summed E-state index contributed by atoms with van der Waals surface area (Å²) in [6, 6.07) is 5.21. The molecule has 9 nitrogen and oxygen atoms in total. The second-order valence-corrected chi connectivity index (χ2v) is 5.93. The number of aryl methyl sites for hydroxylation is 1. The Kier molecular flexibility index (Phi) is 4.06. The topological polar surface area (TPSA) is 93.4 Å². The minimum Gasteiger partial charge on any atom is -0.461 e. The number of nitrogens with zero attached hydrogens (tertiary/aromatic N) is 6. The third-order valence-corrected chi connectivity index (χ3v) is 4.26. The van der Waals surface area contributed by atoms with Gasteiger partial charge in [-0.15, -0.1) is 0 Å². The molecular formula is C16H18N6O3. The summed E-state index contributed by atoms with van der Waals surface area (Å²) in [4.78, 5) is 20.5. The van der Waals surface area contributed by atoms with E-state index in [4.69, 9.17) is 8.94 Å². The minimum absolute atomic E-state index is 0.101. The zero-order chi connectivity index (χ0) is 17.2. The first-order chi connectivity index (χ1) is 12.2. The molecule has 130 valence electrons. The fourth-order valence-electron chi connectivity index (χ4n) is 2.81. The van der Waals surface area contributed by atoms with Crippen LogP contribution in [0, 0.1) is 0 Å². The maximum atomic E-state index is 11.7. The van der Waals surface area contributed by atoms with Crippen molar-refractivity contribution in [3.05, 3.63) is 46.9 Å². The van der Waals surface area contributed by atoms with Crippen LogP contribution >= 0.6 is 0 Å². The van der Waals surface area contributed by atoms with Crippen LogP contribution in [-0.2, 0) is 13.6 Å². The van der Waals surface area contributed by atoms with Gasteiger partial charge in [0.05, 0.1) is 24.7 Å². The van der Waals surface area contributed by atoms with Gasteiger partial charge in [-0.1, -0.05) is 5.16 Å². The summed E-state index contributed by atoms with van der Waals surface area (Å²) in [6.45, 7) is 3.90. The van der Waals surface area contributed by atoms with Gasteiger partial charge in [-0.2, -0.15) is 10.1 Å². The lowest BCUT2D eigenvalue weighted by Gasteiger charge is -2.35. The molecule has 0 atom stereocenters. The Morgan fingerprint density at radius 1 is 1.24 bits per heavy atom. The van der Waals surface area contributed by atoms with Crippen molar-refractivity contribution in [2.75, 3.05) is 31.1 Å². The Hall–Kier alpha value is -2.94. The van der Waals surface area contributed by atoms with Crippen LogP contribution in [0.25, 0.3) is 11.6 Å². The Balaban J connectivity index is 1.36. The van der Waals surface area contributed by atoms with Crippen LogP contribution < -0.4 is 10.5 Å². The summed E-state index contributed by atoms with van der Waals surface area (Å²) in [6.07, 6.45) is 3.31. The summed E-state index contributed by atoms with van der Waals surface area (Å²) in [7, 11) is 1.64. The molecule has 4 rings (SSSR count). The fraction of sp³-hybridized carbons (Fsp3) is 0.375. The monoisotopic (exact) mass is 342 g/mol. The molecule has 0 unspecified atom stereocenters. The Bertz CT molecular complexity index is 893. The second-order valence-electron chi connectivity index (χ2n) is 5.93. The van der Waals surface area contributed by atoms with Gasteiger partial charge in [-0.3, -0.25) is 9.69 Å². The largest absolute Gasteiger partial charge is 0.461 e. The van der Waals surface area contributed by atoms with Crippen molar-refractivity contribution in [2.45, 2.75) is 6.54 Å². The molecule has 1 fully saturated rings. The molecule has 0 N–H and O–H groups in total. The predicted molar refractivity (Wildman–Crippen MR) is 89.0 cm³/mol. The number of hydrogen-bond acceptors (Lipinski definition) is 8. The fourth-order valence-corrected chi connectivity index (χ4v) is 2.81. The number of hydrogen-bond donors (Lipinski definition) is 0. The van der Waals surface area contributed by atoms with E-state index in [9.17, 15) is 4.79 Å². The molecule has 3 aromatic rings. The Morgan fingerprint density at radius 2 is 2.08 bits per heavy atom. The second kappa shape index (κ2) is 6.52. The Labute approximate surface area is 143 Å². The van der Waals surface area contributed by atoms with Crippen LogP contribution in [0.15, 0.2) is 44.4 Å². The van der Waals surface area contributed by atoms with Crippen LogP contribution in [0.5, 0.6) is 0 Å². The van der Waals surface area contributed by atoms with Crippen LogP contribution in [0.2, 0.25) is 0 Å². The molecule has 0 amide bonds. The van der Waals surface area contributed by atoms with Crippen LogP contribution in [0.4, 0.5) is 5.69 Å². The first-order valence-electron chi connectivity index (χ1n) is 8.06. The minimum atomic E-state index is -0.101. The molecule has 0 radical (unpaired) electrons. The summed E-state index contributed by atoms with van der Waals surface area (Å²) >= 11 is 0. The van der Waals surface area contributed by atoms with E-state index in [0.717, 1.165) is 31.9 Å². The van der Waals surface area contributed by atoms with Crippen molar-refractivity contribution in [3.63, 3.8) is 0 Å². The van der Waals surface area contributed by atoms with Crippen molar-refractivity contribution in [1.29, 1.82) is 0 Å². The first kappa shape index (κ1) is 15.6. The van der Waals surface area contributed by atoms with E-state index in [1.54, 1.807) is 37.7 Å². The first-order valence-corrected chi connectivity index (χ1v) is 8.06. The van der Waals surface area contributed by atoms with Crippen LogP contribution in [0.1, 0.15) is 5.89 Å². The van der Waals surface area contributed by atoms with Crippen LogP contribution in [-0.4, -0.2) is 51.0 Å². The molecule has 0 saturated carbocycles. The zero-order valence-corrected chi connectivity index (χ0v) is 13.8. The van der Waals surface area contributed by atoms with E-state index >= 15 is 0 Å². The maximum absolute atomic E-state index is 11.7. The zero-order valence-electron chi connectivity index (χ0n) is 13.8. The van der Waals surface area contributed by atoms with E-state index < -0.39 is 0 Å². The summed E-state index contributed by atoms with van der Waals surface area (Å²) in [5.74, 6) is 1.62. The van der Waals surface area contributed by atoms with Crippen molar-refractivity contribution in [2.24, 2.45) is 7.05 Å². The van der Waals surface area contributed by atoms with Gasteiger partial charge in [-0.25, -0.2) is 4.68 Å². The molecule has 0 aromatic carbocycles. The highest BCUT2D eigenvalue weighted by Crippen LogP contribution is 2.18. The third-order valence-electron chi connectivity index (χ3n) is 4.26. The molecule has 1 aliphatic rings. The highest BCUT2D eigenvalue weighted by molar-refractivity contribution is 5.45. The Morgan fingerprint density at radius 3 is 2.80 bits per heavy atom. The van der Waals surface area contributed by atoms with Crippen molar-refractivity contribution in [3.8, 4) is 11.6 Å². The van der Waals surface area contributed by atoms with E-state index in [-0.39, 0.29) is 5.56 Å². The summed E-state index contributed by atoms with van der Waals surface area (Å²) < 4.78 is 11.9.